The number of nitrogens with zero attached hydrogens (tertiary/aromatic N) is 2. The fourth-order valence-electron chi connectivity index (χ4n) is 6.98. The van der Waals surface area contributed by atoms with E-state index in [0.29, 0.717) is 5.89 Å². The lowest BCUT2D eigenvalue weighted by Gasteiger charge is -2.25. The molecule has 8 aromatic carbocycles. The molecule has 0 N–H and O–H groups in total. The van der Waals surface area contributed by atoms with Gasteiger partial charge < -0.3 is 13.7 Å². The topological polar surface area (TPSA) is 42.4 Å². The molecule has 0 saturated heterocycles. The molecule has 0 saturated carbocycles. The Kier molecular flexibility index (Phi) is 6.15. The molecule has 2 heterocycles. The number of anilines is 3. The van der Waals surface area contributed by atoms with Crippen LogP contribution in [0, 0.1) is 0 Å². The second-order valence-corrected chi connectivity index (χ2v) is 12.5. The Morgan fingerprint density at radius 3 is 1.80 bits per heavy atom. The summed E-state index contributed by atoms with van der Waals surface area (Å²) in [6.07, 6.45) is 0. The summed E-state index contributed by atoms with van der Waals surface area (Å²) in [4.78, 5) is 6.94. The predicted molar refractivity (Wildman–Crippen MR) is 202 cm³/mol. The summed E-state index contributed by atoms with van der Waals surface area (Å²) in [5, 5.41) is 7.10. The molecular formula is C45H28N2O2. The van der Waals surface area contributed by atoms with Gasteiger partial charge in [-0.05, 0) is 118 Å². The molecule has 2 aromatic heterocycles. The van der Waals surface area contributed by atoms with Crippen molar-refractivity contribution in [3.8, 4) is 22.6 Å². The van der Waals surface area contributed by atoms with Gasteiger partial charge in [0.1, 0.15) is 16.7 Å². The summed E-state index contributed by atoms with van der Waals surface area (Å²) in [7, 11) is 0. The van der Waals surface area contributed by atoms with Crippen LogP contribution >= 0.6 is 0 Å². The van der Waals surface area contributed by atoms with E-state index in [2.05, 4.69) is 155 Å². The van der Waals surface area contributed by atoms with Crippen molar-refractivity contribution in [1.29, 1.82) is 0 Å². The van der Waals surface area contributed by atoms with Gasteiger partial charge in [-0.2, -0.15) is 0 Å². The number of hydrogen-bond donors (Lipinski definition) is 0. The first-order chi connectivity index (χ1) is 24.2. The van der Waals surface area contributed by atoms with Crippen molar-refractivity contribution in [2.75, 3.05) is 4.90 Å². The summed E-state index contributed by atoms with van der Waals surface area (Å²) in [6.45, 7) is 0. The molecule has 10 aromatic rings. The summed E-state index contributed by atoms with van der Waals surface area (Å²) < 4.78 is 12.5. The molecule has 0 bridgehead atoms. The number of aromatic nitrogens is 1. The van der Waals surface area contributed by atoms with Gasteiger partial charge in [0.15, 0.2) is 5.58 Å². The SMILES string of the molecule is c1ccc(N(c2ccc3cc4ccccc4cc3c2)c2ccc3c(c2)oc2cc(-c4ccc(-c5nc6ccccc6o5)cc4)ccc23)cc1. The van der Waals surface area contributed by atoms with Crippen LogP contribution in [0.3, 0.4) is 0 Å². The fraction of sp³-hybridized carbons (Fsp3) is 0. The zero-order valence-electron chi connectivity index (χ0n) is 26.4. The van der Waals surface area contributed by atoms with E-state index in [0.717, 1.165) is 66.8 Å². The summed E-state index contributed by atoms with van der Waals surface area (Å²) in [5.74, 6) is 0.623. The van der Waals surface area contributed by atoms with E-state index in [-0.39, 0.29) is 0 Å². The summed E-state index contributed by atoms with van der Waals surface area (Å²) in [6, 6.07) is 59.4. The van der Waals surface area contributed by atoms with E-state index in [1.807, 2.05) is 24.3 Å². The maximum Gasteiger partial charge on any atom is 0.227 e. The zero-order chi connectivity index (χ0) is 32.3. The lowest BCUT2D eigenvalue weighted by atomic mass is 10.0. The Bertz CT molecular complexity index is 2800. The van der Waals surface area contributed by atoms with Crippen molar-refractivity contribution < 1.29 is 8.83 Å². The highest BCUT2D eigenvalue weighted by Crippen LogP contribution is 2.40. The van der Waals surface area contributed by atoms with Crippen LogP contribution in [0.2, 0.25) is 0 Å². The number of para-hydroxylation sites is 3. The van der Waals surface area contributed by atoms with Crippen molar-refractivity contribution in [3.63, 3.8) is 0 Å². The summed E-state index contributed by atoms with van der Waals surface area (Å²) >= 11 is 0. The molecule has 0 amide bonds. The first kappa shape index (κ1) is 27.5. The molecule has 0 unspecified atom stereocenters. The number of fused-ring (bicyclic) bond motifs is 6. The lowest BCUT2D eigenvalue weighted by Crippen LogP contribution is -2.09. The van der Waals surface area contributed by atoms with Gasteiger partial charge in [-0.1, -0.05) is 78.9 Å². The van der Waals surface area contributed by atoms with Crippen LogP contribution in [0.15, 0.2) is 179 Å². The van der Waals surface area contributed by atoms with Crippen LogP contribution in [0.1, 0.15) is 0 Å². The number of benzene rings is 8. The molecular weight excluding hydrogens is 601 g/mol. The molecule has 0 radical (unpaired) electrons. The van der Waals surface area contributed by atoms with Crippen molar-refractivity contribution in [2.45, 2.75) is 0 Å². The van der Waals surface area contributed by atoms with Crippen LogP contribution in [-0.2, 0) is 0 Å². The van der Waals surface area contributed by atoms with Crippen LogP contribution in [0.5, 0.6) is 0 Å². The smallest absolute Gasteiger partial charge is 0.227 e. The first-order valence-corrected chi connectivity index (χ1v) is 16.4. The third kappa shape index (κ3) is 4.73. The Morgan fingerprint density at radius 1 is 0.367 bits per heavy atom. The monoisotopic (exact) mass is 628 g/mol. The molecule has 4 heteroatoms. The minimum absolute atomic E-state index is 0.623. The highest BCUT2D eigenvalue weighted by molar-refractivity contribution is 6.07. The predicted octanol–water partition coefficient (Wildman–Crippen LogP) is 12.8. The van der Waals surface area contributed by atoms with Gasteiger partial charge in [-0.15, -0.1) is 0 Å². The Labute approximate surface area is 282 Å². The van der Waals surface area contributed by atoms with E-state index in [1.54, 1.807) is 0 Å². The maximum absolute atomic E-state index is 6.57. The second kappa shape index (κ2) is 11.0. The zero-order valence-corrected chi connectivity index (χ0v) is 26.4. The minimum atomic E-state index is 0.623. The van der Waals surface area contributed by atoms with E-state index >= 15 is 0 Å². The van der Waals surface area contributed by atoms with Gasteiger partial charge in [0.05, 0.1) is 0 Å². The first-order valence-electron chi connectivity index (χ1n) is 16.4. The Morgan fingerprint density at radius 2 is 0.980 bits per heavy atom. The van der Waals surface area contributed by atoms with Gasteiger partial charge in [-0.25, -0.2) is 4.98 Å². The molecule has 10 rings (SSSR count). The second-order valence-electron chi connectivity index (χ2n) is 12.5. The Balaban J connectivity index is 1.03. The van der Waals surface area contributed by atoms with E-state index in [4.69, 9.17) is 8.83 Å². The molecule has 49 heavy (non-hydrogen) atoms. The van der Waals surface area contributed by atoms with E-state index < -0.39 is 0 Å². The van der Waals surface area contributed by atoms with Crippen LogP contribution in [-0.4, -0.2) is 4.98 Å². The standard InChI is InChI=1S/C45H28N2O2/c1-2-10-36(11-3-1)47(37-20-18-33-24-31-8-4-5-9-32(31)25-35(33)26-37)38-21-23-40-39-22-19-34(27-43(39)48-44(40)28-38)29-14-16-30(17-15-29)45-46-41-12-6-7-13-42(41)49-45/h1-28H. The highest BCUT2D eigenvalue weighted by Gasteiger charge is 2.17. The molecule has 0 fully saturated rings. The molecule has 0 aliphatic carbocycles. The van der Waals surface area contributed by atoms with Crippen LogP contribution < -0.4 is 4.90 Å². The Hall–Kier alpha value is -6.65. The normalized spacial score (nSPS) is 11.7. The van der Waals surface area contributed by atoms with Gasteiger partial charge in [0, 0.05) is 39.5 Å². The van der Waals surface area contributed by atoms with Gasteiger partial charge in [-0.3, -0.25) is 0 Å². The summed E-state index contributed by atoms with van der Waals surface area (Å²) in [5.41, 5.74) is 9.70. The molecule has 230 valence electrons. The number of hydrogen-bond acceptors (Lipinski definition) is 4. The van der Waals surface area contributed by atoms with E-state index in [9.17, 15) is 0 Å². The van der Waals surface area contributed by atoms with E-state index in [1.165, 1.54) is 21.5 Å². The highest BCUT2D eigenvalue weighted by atomic mass is 16.3. The van der Waals surface area contributed by atoms with Crippen molar-refractivity contribution in [1.82, 2.24) is 4.98 Å². The maximum atomic E-state index is 6.57. The molecule has 0 atom stereocenters. The fourth-order valence-corrected chi connectivity index (χ4v) is 6.98. The third-order valence-corrected chi connectivity index (χ3v) is 9.44. The average Bonchev–Trinajstić information content (AvgIpc) is 3.76. The van der Waals surface area contributed by atoms with Crippen LogP contribution in [0.25, 0.3) is 77.2 Å². The minimum Gasteiger partial charge on any atom is -0.456 e. The molecule has 4 nitrogen and oxygen atoms in total. The largest absolute Gasteiger partial charge is 0.456 e. The van der Waals surface area contributed by atoms with Gasteiger partial charge >= 0.3 is 0 Å². The number of oxazole rings is 1. The van der Waals surface area contributed by atoms with Gasteiger partial charge in [0.25, 0.3) is 0 Å². The average molecular weight is 629 g/mol. The quantitative estimate of drug-likeness (QED) is 0.178. The molecule has 0 aliphatic rings. The van der Waals surface area contributed by atoms with Crippen molar-refractivity contribution in [3.05, 3.63) is 170 Å². The van der Waals surface area contributed by atoms with Crippen LogP contribution in [0.4, 0.5) is 17.1 Å². The van der Waals surface area contributed by atoms with Gasteiger partial charge in [0.2, 0.25) is 5.89 Å². The lowest BCUT2D eigenvalue weighted by molar-refractivity contribution is 0.620. The third-order valence-electron chi connectivity index (χ3n) is 9.44. The number of furan rings is 1. The van der Waals surface area contributed by atoms with Crippen molar-refractivity contribution in [2.24, 2.45) is 0 Å². The van der Waals surface area contributed by atoms with Crippen molar-refractivity contribution >= 4 is 71.6 Å². The number of rotatable bonds is 5. The molecule has 0 aliphatic heterocycles. The molecule has 0 spiro atoms.